The molecule has 0 amide bonds. The largest absolute Gasteiger partial charge is 0.383 e. The van der Waals surface area contributed by atoms with Crippen molar-refractivity contribution in [2.24, 2.45) is 0 Å². The monoisotopic (exact) mass is 340 g/mol. The van der Waals surface area contributed by atoms with E-state index in [0.717, 1.165) is 23.8 Å². The Hall–Kier alpha value is -0.990. The molecule has 1 saturated heterocycles. The van der Waals surface area contributed by atoms with Crippen LogP contribution in [0.5, 0.6) is 0 Å². The number of rotatable bonds is 6. The summed E-state index contributed by atoms with van der Waals surface area (Å²) in [4.78, 5) is 0. The third-order valence-electron chi connectivity index (χ3n) is 3.97. The molecular weight excluding hydrogens is 320 g/mol. The van der Waals surface area contributed by atoms with Crippen molar-refractivity contribution in [2.45, 2.75) is 25.4 Å². The molecule has 1 aliphatic heterocycles. The van der Waals surface area contributed by atoms with Gasteiger partial charge in [0, 0.05) is 30.9 Å². The Bertz CT molecular complexity index is 742. The fourth-order valence-corrected chi connectivity index (χ4v) is 5.08. The molecule has 0 bridgehead atoms. The van der Waals surface area contributed by atoms with Gasteiger partial charge in [-0.3, -0.25) is 0 Å². The Morgan fingerprint density at radius 3 is 3.09 bits per heavy atom. The normalized spacial score (nSPS) is 20.0. The van der Waals surface area contributed by atoms with Gasteiger partial charge in [0.2, 0.25) is 0 Å². The molecule has 1 fully saturated rings. The van der Waals surface area contributed by atoms with Gasteiger partial charge in [0.25, 0.3) is 10.2 Å². The molecule has 3 rings (SSSR count). The van der Waals surface area contributed by atoms with Crippen LogP contribution in [0.2, 0.25) is 0 Å². The molecule has 2 heterocycles. The molecule has 1 N–H and O–H groups in total. The molecule has 0 saturated carbocycles. The Kier molecular flexibility index (Phi) is 4.79. The van der Waals surface area contributed by atoms with Gasteiger partial charge in [-0.2, -0.15) is 17.4 Å². The average Bonchev–Trinajstić information content (AvgIpc) is 3.14. The molecule has 5 nitrogen and oxygen atoms in total. The highest BCUT2D eigenvalue weighted by Gasteiger charge is 2.33. The predicted molar refractivity (Wildman–Crippen MR) is 89.2 cm³/mol. The second kappa shape index (κ2) is 6.64. The first-order valence-electron chi connectivity index (χ1n) is 7.31. The molecule has 0 unspecified atom stereocenters. The summed E-state index contributed by atoms with van der Waals surface area (Å²) in [6.07, 6.45) is 1.74. The molecule has 2 aromatic rings. The van der Waals surface area contributed by atoms with Gasteiger partial charge in [0.05, 0.1) is 6.61 Å². The van der Waals surface area contributed by atoms with E-state index in [0.29, 0.717) is 19.7 Å². The lowest BCUT2D eigenvalue weighted by molar-refractivity contribution is 0.148. The second-order valence-corrected chi connectivity index (χ2v) is 8.14. The first kappa shape index (κ1) is 15.9. The SMILES string of the molecule is COC[C@@H]1CCCN1S(=O)(=O)NCc1ccc2sccc2c1. The second-order valence-electron chi connectivity index (χ2n) is 5.48. The van der Waals surface area contributed by atoms with Gasteiger partial charge in [-0.25, -0.2) is 0 Å². The van der Waals surface area contributed by atoms with Crippen molar-refractivity contribution < 1.29 is 13.2 Å². The van der Waals surface area contributed by atoms with Crippen LogP contribution in [0.1, 0.15) is 18.4 Å². The molecule has 0 radical (unpaired) electrons. The van der Waals surface area contributed by atoms with Crippen molar-refractivity contribution in [2.75, 3.05) is 20.3 Å². The van der Waals surface area contributed by atoms with Gasteiger partial charge in [-0.15, -0.1) is 11.3 Å². The summed E-state index contributed by atoms with van der Waals surface area (Å²) in [6.45, 7) is 1.32. The molecule has 1 aliphatic rings. The van der Waals surface area contributed by atoms with Crippen LogP contribution in [-0.4, -0.2) is 39.0 Å². The Morgan fingerprint density at radius 2 is 2.27 bits per heavy atom. The van der Waals surface area contributed by atoms with Crippen molar-refractivity contribution >= 4 is 31.6 Å². The standard InChI is InChI=1S/C15H20N2O3S2/c1-20-11-14-3-2-7-17(14)22(18,19)16-10-12-4-5-15-13(9-12)6-8-21-15/h4-6,8-9,14,16H,2-3,7,10-11H2,1H3/t14-/m0/s1. The number of methoxy groups -OCH3 is 1. The lowest BCUT2D eigenvalue weighted by Crippen LogP contribution is -2.44. The maximum absolute atomic E-state index is 12.5. The summed E-state index contributed by atoms with van der Waals surface area (Å²) >= 11 is 1.69. The van der Waals surface area contributed by atoms with Crippen LogP contribution in [0.15, 0.2) is 29.6 Å². The number of ether oxygens (including phenoxy) is 1. The fourth-order valence-electron chi connectivity index (χ4n) is 2.87. The molecule has 7 heteroatoms. The molecule has 1 aromatic carbocycles. The van der Waals surface area contributed by atoms with Crippen LogP contribution in [0.25, 0.3) is 10.1 Å². The number of benzene rings is 1. The molecule has 1 atom stereocenters. The lowest BCUT2D eigenvalue weighted by Gasteiger charge is -2.23. The summed E-state index contributed by atoms with van der Waals surface area (Å²) < 4.78 is 35.5. The number of nitrogens with one attached hydrogen (secondary N) is 1. The van der Waals surface area contributed by atoms with Crippen LogP contribution in [0.3, 0.4) is 0 Å². The van der Waals surface area contributed by atoms with E-state index in [-0.39, 0.29) is 6.04 Å². The highest BCUT2D eigenvalue weighted by Crippen LogP contribution is 2.23. The number of fused-ring (bicyclic) bond motifs is 1. The summed E-state index contributed by atoms with van der Waals surface area (Å²) in [5.41, 5.74) is 0.969. The zero-order valence-corrected chi connectivity index (χ0v) is 14.1. The van der Waals surface area contributed by atoms with Crippen molar-refractivity contribution in [3.05, 3.63) is 35.2 Å². The number of nitrogens with zero attached hydrogens (tertiary/aromatic N) is 1. The number of hydrogen-bond donors (Lipinski definition) is 1. The van der Waals surface area contributed by atoms with Gasteiger partial charge in [-0.05, 0) is 47.4 Å². The van der Waals surface area contributed by atoms with E-state index < -0.39 is 10.2 Å². The van der Waals surface area contributed by atoms with Crippen molar-refractivity contribution in [3.63, 3.8) is 0 Å². The van der Waals surface area contributed by atoms with E-state index in [1.165, 1.54) is 9.01 Å². The summed E-state index contributed by atoms with van der Waals surface area (Å²) in [5, 5.41) is 3.19. The maximum Gasteiger partial charge on any atom is 0.280 e. The molecule has 22 heavy (non-hydrogen) atoms. The summed E-state index contributed by atoms with van der Waals surface area (Å²) in [5.74, 6) is 0. The van der Waals surface area contributed by atoms with Crippen molar-refractivity contribution in [1.82, 2.24) is 9.03 Å². The minimum absolute atomic E-state index is 0.0538. The van der Waals surface area contributed by atoms with E-state index >= 15 is 0 Å². The zero-order chi connectivity index (χ0) is 15.6. The van der Waals surface area contributed by atoms with E-state index in [4.69, 9.17) is 4.74 Å². The third kappa shape index (κ3) is 3.33. The van der Waals surface area contributed by atoms with Crippen LogP contribution in [0, 0.1) is 0 Å². The van der Waals surface area contributed by atoms with Gasteiger partial charge >= 0.3 is 0 Å². The fraction of sp³-hybridized carbons (Fsp3) is 0.467. The lowest BCUT2D eigenvalue weighted by atomic mass is 10.2. The first-order chi connectivity index (χ1) is 10.6. The average molecular weight is 340 g/mol. The highest BCUT2D eigenvalue weighted by molar-refractivity contribution is 7.87. The minimum Gasteiger partial charge on any atom is -0.383 e. The molecule has 120 valence electrons. The van der Waals surface area contributed by atoms with Crippen LogP contribution in [0.4, 0.5) is 0 Å². The minimum atomic E-state index is -3.46. The number of hydrogen-bond acceptors (Lipinski definition) is 4. The van der Waals surface area contributed by atoms with Gasteiger partial charge in [-0.1, -0.05) is 6.07 Å². The Balaban J connectivity index is 1.68. The predicted octanol–water partition coefficient (Wildman–Crippen LogP) is 2.35. The van der Waals surface area contributed by atoms with Crippen LogP contribution >= 0.6 is 11.3 Å². The quantitative estimate of drug-likeness (QED) is 0.878. The number of thiophene rings is 1. The third-order valence-corrected chi connectivity index (χ3v) is 6.47. The molecule has 1 aromatic heterocycles. The summed E-state index contributed by atoms with van der Waals surface area (Å²) in [6, 6.07) is 8.03. The maximum atomic E-state index is 12.5. The van der Waals surface area contributed by atoms with E-state index in [9.17, 15) is 8.42 Å². The Morgan fingerprint density at radius 1 is 1.41 bits per heavy atom. The summed E-state index contributed by atoms with van der Waals surface area (Å²) in [7, 11) is -1.86. The van der Waals surface area contributed by atoms with Gasteiger partial charge < -0.3 is 4.74 Å². The van der Waals surface area contributed by atoms with Crippen LogP contribution < -0.4 is 4.72 Å². The van der Waals surface area contributed by atoms with Crippen molar-refractivity contribution in [3.8, 4) is 0 Å². The first-order valence-corrected chi connectivity index (χ1v) is 9.63. The van der Waals surface area contributed by atoms with Gasteiger partial charge in [0.1, 0.15) is 0 Å². The smallest absolute Gasteiger partial charge is 0.280 e. The highest BCUT2D eigenvalue weighted by atomic mass is 32.2. The van der Waals surface area contributed by atoms with E-state index in [1.807, 2.05) is 29.6 Å². The van der Waals surface area contributed by atoms with Gasteiger partial charge in [0.15, 0.2) is 0 Å². The Labute approximate surface area is 135 Å². The van der Waals surface area contributed by atoms with Crippen LogP contribution in [-0.2, 0) is 21.5 Å². The van der Waals surface area contributed by atoms with Crippen molar-refractivity contribution in [1.29, 1.82) is 0 Å². The van der Waals surface area contributed by atoms with E-state index in [2.05, 4.69) is 4.72 Å². The van der Waals surface area contributed by atoms with E-state index in [1.54, 1.807) is 18.4 Å². The molecular formula is C15H20N2O3S2. The molecule has 0 spiro atoms. The topological polar surface area (TPSA) is 58.6 Å². The molecule has 0 aliphatic carbocycles. The zero-order valence-electron chi connectivity index (χ0n) is 12.5.